The Bertz CT molecular complexity index is 558. The number of amides is 2. The quantitative estimate of drug-likeness (QED) is 0.786. The number of nitrogens with one attached hydrogen (secondary N) is 1. The summed E-state index contributed by atoms with van der Waals surface area (Å²) in [6, 6.07) is 5.18. The first-order valence-electron chi connectivity index (χ1n) is 7.67. The summed E-state index contributed by atoms with van der Waals surface area (Å²) in [5, 5.41) is 2.58. The molecule has 0 spiro atoms. The van der Waals surface area contributed by atoms with E-state index in [1.165, 1.54) is 0 Å². The fraction of sp³-hybridized carbons (Fsp3) is 0.529. The molecule has 3 N–H and O–H groups in total. The number of nitrogens with two attached hydrogens (primary N) is 1. The van der Waals surface area contributed by atoms with Crippen molar-refractivity contribution >= 4 is 11.8 Å². The van der Waals surface area contributed by atoms with Crippen molar-refractivity contribution in [1.82, 2.24) is 10.2 Å². The Balaban J connectivity index is 2.54. The maximum atomic E-state index is 12.1. The molecule has 0 unspecified atom stereocenters. The van der Waals surface area contributed by atoms with Gasteiger partial charge in [-0.1, -0.05) is 26.0 Å². The van der Waals surface area contributed by atoms with Crippen molar-refractivity contribution in [2.75, 3.05) is 20.7 Å². The maximum Gasteiger partial charge on any atom is 0.242 e. The van der Waals surface area contributed by atoms with E-state index in [9.17, 15) is 9.59 Å². The summed E-state index contributed by atoms with van der Waals surface area (Å²) in [6.45, 7) is 6.10. The lowest BCUT2D eigenvalue weighted by Gasteiger charge is -2.20. The zero-order valence-corrected chi connectivity index (χ0v) is 14.6. The number of nitrogens with zero attached hydrogens (tertiary/aromatic N) is 1. The minimum Gasteiger partial charge on any atom is -0.496 e. The van der Waals surface area contributed by atoms with Crippen LogP contribution in [0.5, 0.6) is 5.75 Å². The number of rotatable bonds is 7. The number of benzene rings is 1. The molecule has 1 atom stereocenters. The van der Waals surface area contributed by atoms with Crippen molar-refractivity contribution in [3.05, 3.63) is 29.3 Å². The molecule has 1 rings (SSSR count). The molecule has 0 aliphatic carbocycles. The number of methoxy groups -OCH3 is 1. The van der Waals surface area contributed by atoms with Gasteiger partial charge in [-0.25, -0.2) is 0 Å². The number of likely N-dealkylation sites (N-methyl/N-ethyl adjacent to an activating group) is 1. The SMILES string of the molecule is COc1ccc(CN(C)C(=O)CNC(=O)[C@@H](N)C(C)C)cc1C. The number of hydrogen-bond acceptors (Lipinski definition) is 4. The van der Waals surface area contributed by atoms with Gasteiger partial charge in [0.05, 0.1) is 19.7 Å². The molecular weight excluding hydrogens is 294 g/mol. The van der Waals surface area contributed by atoms with E-state index in [0.29, 0.717) is 6.54 Å². The van der Waals surface area contributed by atoms with Gasteiger partial charge in [0.15, 0.2) is 0 Å². The summed E-state index contributed by atoms with van der Waals surface area (Å²) in [4.78, 5) is 25.4. The van der Waals surface area contributed by atoms with E-state index in [2.05, 4.69) is 5.32 Å². The van der Waals surface area contributed by atoms with Crippen LogP contribution in [0.4, 0.5) is 0 Å². The van der Waals surface area contributed by atoms with Crippen molar-refractivity contribution in [3.8, 4) is 5.75 Å². The molecule has 6 heteroatoms. The van der Waals surface area contributed by atoms with E-state index in [1.807, 2.05) is 39.0 Å². The maximum absolute atomic E-state index is 12.1. The lowest BCUT2D eigenvalue weighted by atomic mass is 10.1. The predicted octanol–water partition coefficient (Wildman–Crippen LogP) is 1.06. The minimum absolute atomic E-state index is 0.0325. The third-order valence-electron chi connectivity index (χ3n) is 3.74. The fourth-order valence-corrected chi connectivity index (χ4v) is 2.12. The van der Waals surface area contributed by atoms with Crippen molar-refractivity contribution < 1.29 is 14.3 Å². The molecule has 0 bridgehead atoms. The van der Waals surface area contributed by atoms with Gasteiger partial charge in [0, 0.05) is 13.6 Å². The van der Waals surface area contributed by atoms with E-state index in [1.54, 1.807) is 19.1 Å². The van der Waals surface area contributed by atoms with Gasteiger partial charge in [-0.05, 0) is 30.0 Å². The van der Waals surface area contributed by atoms with Gasteiger partial charge >= 0.3 is 0 Å². The standard InChI is InChI=1S/C17H27N3O3/c1-11(2)16(18)17(22)19-9-15(21)20(4)10-13-6-7-14(23-5)12(3)8-13/h6-8,11,16H,9-10,18H2,1-5H3,(H,19,22)/t16-/m0/s1. The zero-order chi connectivity index (χ0) is 17.6. The second-order valence-corrected chi connectivity index (χ2v) is 6.04. The summed E-state index contributed by atoms with van der Waals surface area (Å²) in [7, 11) is 3.33. The fourth-order valence-electron chi connectivity index (χ4n) is 2.12. The smallest absolute Gasteiger partial charge is 0.242 e. The highest BCUT2D eigenvalue weighted by molar-refractivity contribution is 5.87. The highest BCUT2D eigenvalue weighted by Gasteiger charge is 2.18. The first-order chi connectivity index (χ1) is 10.8. The van der Waals surface area contributed by atoms with Crippen LogP contribution in [-0.2, 0) is 16.1 Å². The number of ether oxygens (including phenoxy) is 1. The summed E-state index contributed by atoms with van der Waals surface area (Å²) >= 11 is 0. The Morgan fingerprint density at radius 2 is 2.00 bits per heavy atom. The van der Waals surface area contributed by atoms with Crippen LogP contribution in [0, 0.1) is 12.8 Å². The van der Waals surface area contributed by atoms with Crippen molar-refractivity contribution in [2.45, 2.75) is 33.4 Å². The van der Waals surface area contributed by atoms with Crippen LogP contribution in [-0.4, -0.2) is 43.5 Å². The van der Waals surface area contributed by atoms with Gasteiger partial charge in [-0.3, -0.25) is 9.59 Å². The monoisotopic (exact) mass is 321 g/mol. The van der Waals surface area contributed by atoms with Gasteiger partial charge in [0.2, 0.25) is 11.8 Å². The normalized spacial score (nSPS) is 12.0. The van der Waals surface area contributed by atoms with Crippen LogP contribution in [0.15, 0.2) is 18.2 Å². The Kier molecular flexibility index (Phi) is 7.03. The molecule has 1 aromatic rings. The highest BCUT2D eigenvalue weighted by atomic mass is 16.5. The third-order valence-corrected chi connectivity index (χ3v) is 3.74. The Morgan fingerprint density at radius 3 is 2.52 bits per heavy atom. The topological polar surface area (TPSA) is 84.7 Å². The number of carbonyl (C=O) groups excluding carboxylic acids is 2. The number of carbonyl (C=O) groups is 2. The predicted molar refractivity (Wildman–Crippen MR) is 90.0 cm³/mol. The molecule has 0 aromatic heterocycles. The minimum atomic E-state index is -0.600. The molecular formula is C17H27N3O3. The second-order valence-electron chi connectivity index (χ2n) is 6.04. The van der Waals surface area contributed by atoms with E-state index in [0.717, 1.165) is 16.9 Å². The number of hydrogen-bond donors (Lipinski definition) is 2. The molecule has 128 valence electrons. The molecule has 0 fully saturated rings. The molecule has 0 radical (unpaired) electrons. The highest BCUT2D eigenvalue weighted by Crippen LogP contribution is 2.19. The van der Waals surface area contributed by atoms with Gasteiger partial charge < -0.3 is 20.7 Å². The Labute approximate surface area is 138 Å². The van der Waals surface area contributed by atoms with Crippen LogP contribution >= 0.6 is 0 Å². The first-order valence-corrected chi connectivity index (χ1v) is 7.67. The summed E-state index contributed by atoms with van der Waals surface area (Å²) in [5.41, 5.74) is 7.76. The number of aryl methyl sites for hydroxylation is 1. The van der Waals surface area contributed by atoms with Crippen LogP contribution in [0.25, 0.3) is 0 Å². The van der Waals surface area contributed by atoms with E-state index < -0.39 is 6.04 Å². The largest absolute Gasteiger partial charge is 0.496 e. The van der Waals surface area contributed by atoms with E-state index in [-0.39, 0.29) is 24.3 Å². The molecule has 0 saturated carbocycles. The molecule has 0 heterocycles. The molecule has 2 amide bonds. The first kappa shape index (κ1) is 19.0. The lowest BCUT2D eigenvalue weighted by molar-refractivity contribution is -0.132. The van der Waals surface area contributed by atoms with Gasteiger partial charge in [-0.2, -0.15) is 0 Å². The molecule has 6 nitrogen and oxygen atoms in total. The van der Waals surface area contributed by atoms with Crippen molar-refractivity contribution in [2.24, 2.45) is 11.7 Å². The van der Waals surface area contributed by atoms with Crippen LogP contribution < -0.4 is 15.8 Å². The molecule has 23 heavy (non-hydrogen) atoms. The molecule has 0 aliphatic heterocycles. The van der Waals surface area contributed by atoms with Gasteiger partial charge in [-0.15, -0.1) is 0 Å². The molecule has 1 aromatic carbocycles. The molecule has 0 aliphatic rings. The molecule has 0 saturated heterocycles. The van der Waals surface area contributed by atoms with Crippen molar-refractivity contribution in [3.63, 3.8) is 0 Å². The van der Waals surface area contributed by atoms with Gasteiger partial charge in [0.1, 0.15) is 5.75 Å². The Morgan fingerprint density at radius 1 is 1.35 bits per heavy atom. The van der Waals surface area contributed by atoms with Crippen LogP contribution in [0.3, 0.4) is 0 Å². The zero-order valence-electron chi connectivity index (χ0n) is 14.6. The summed E-state index contributed by atoms with van der Waals surface area (Å²) in [5.74, 6) is 0.382. The lowest BCUT2D eigenvalue weighted by Crippen LogP contribution is -2.47. The Hall–Kier alpha value is -2.08. The summed E-state index contributed by atoms with van der Waals surface area (Å²) < 4.78 is 5.22. The van der Waals surface area contributed by atoms with Crippen molar-refractivity contribution in [1.29, 1.82) is 0 Å². The summed E-state index contributed by atoms with van der Waals surface area (Å²) in [6.07, 6.45) is 0. The van der Waals surface area contributed by atoms with Crippen LogP contribution in [0.2, 0.25) is 0 Å². The van der Waals surface area contributed by atoms with Crippen LogP contribution in [0.1, 0.15) is 25.0 Å². The third kappa shape index (κ3) is 5.56. The van der Waals surface area contributed by atoms with E-state index in [4.69, 9.17) is 10.5 Å². The van der Waals surface area contributed by atoms with Gasteiger partial charge in [0.25, 0.3) is 0 Å². The average Bonchev–Trinajstić information content (AvgIpc) is 2.51. The average molecular weight is 321 g/mol. The second kappa shape index (κ2) is 8.53. The van der Waals surface area contributed by atoms with E-state index >= 15 is 0 Å².